The second-order valence-electron chi connectivity index (χ2n) is 15.9. The van der Waals surface area contributed by atoms with Crippen molar-refractivity contribution >= 4 is 72.7 Å². The molecule has 5 heterocycles. The van der Waals surface area contributed by atoms with E-state index in [1.807, 2.05) is 79.7 Å². The SMILES string of the molecule is Cc1ccc2c(n1)oc1c(-c3cc(CC(C)C)[c]([Ge]([CH3])([CH3])[CH3])cn3)[c-]ccc12.[Ir].[c-]1ccccc1-c1nc2ccccc2n1-c1ccc2c(c1)oc1ccccc12. The van der Waals surface area contributed by atoms with Crippen LogP contribution in [0.4, 0.5) is 0 Å². The van der Waals surface area contributed by atoms with Crippen LogP contribution in [0.2, 0.25) is 17.3 Å². The summed E-state index contributed by atoms with van der Waals surface area (Å²) in [5, 5.41) is 4.37. The molecule has 0 saturated heterocycles. The zero-order valence-electron chi connectivity index (χ0n) is 32.8. The van der Waals surface area contributed by atoms with Crippen molar-refractivity contribution in [1.29, 1.82) is 0 Å². The van der Waals surface area contributed by atoms with Crippen molar-refractivity contribution in [2.24, 2.45) is 5.92 Å². The molecule has 0 unspecified atom stereocenters. The van der Waals surface area contributed by atoms with E-state index in [1.54, 1.807) is 0 Å². The maximum Gasteiger partial charge on any atom is 0.137 e. The van der Waals surface area contributed by atoms with Gasteiger partial charge in [-0.3, -0.25) is 4.98 Å². The number of hydrogen-bond acceptors (Lipinski definition) is 5. The van der Waals surface area contributed by atoms with Gasteiger partial charge in [0.15, 0.2) is 0 Å². The summed E-state index contributed by atoms with van der Waals surface area (Å²) in [6.07, 6.45) is 3.19. The third kappa shape index (κ3) is 7.36. The molecular formula is C49H42GeIrN4O2-2. The molecule has 0 atom stereocenters. The van der Waals surface area contributed by atoms with Gasteiger partial charge in [0.25, 0.3) is 0 Å². The quantitative estimate of drug-likeness (QED) is 0.123. The Morgan fingerprint density at radius 1 is 0.719 bits per heavy atom. The normalized spacial score (nSPS) is 11.8. The molecule has 57 heavy (non-hydrogen) atoms. The van der Waals surface area contributed by atoms with Crippen LogP contribution in [-0.2, 0) is 26.5 Å². The Balaban J connectivity index is 0.000000157. The van der Waals surface area contributed by atoms with Crippen molar-refractivity contribution in [3.63, 3.8) is 0 Å². The zero-order chi connectivity index (χ0) is 38.6. The van der Waals surface area contributed by atoms with E-state index in [4.69, 9.17) is 18.8 Å². The van der Waals surface area contributed by atoms with E-state index < -0.39 is 13.3 Å². The van der Waals surface area contributed by atoms with Gasteiger partial charge in [0.1, 0.15) is 11.2 Å². The van der Waals surface area contributed by atoms with E-state index in [1.165, 1.54) is 9.96 Å². The summed E-state index contributed by atoms with van der Waals surface area (Å²) < 4.78 is 15.9. The van der Waals surface area contributed by atoms with Gasteiger partial charge in [-0.15, -0.1) is 35.9 Å². The molecule has 0 amide bonds. The number of imidazole rings is 1. The van der Waals surface area contributed by atoms with Gasteiger partial charge in [-0.1, -0.05) is 30.3 Å². The minimum atomic E-state index is -1.99. The molecular weight excluding hydrogens is 941 g/mol. The first-order valence-electron chi connectivity index (χ1n) is 19.2. The van der Waals surface area contributed by atoms with Crippen molar-refractivity contribution < 1.29 is 28.9 Å². The first-order chi connectivity index (χ1) is 27.1. The van der Waals surface area contributed by atoms with Crippen LogP contribution in [0.3, 0.4) is 0 Å². The summed E-state index contributed by atoms with van der Waals surface area (Å²) in [5.74, 6) is 8.77. The molecule has 1 radical (unpaired) electrons. The fourth-order valence-electron chi connectivity index (χ4n) is 7.68. The van der Waals surface area contributed by atoms with Crippen LogP contribution in [0.15, 0.2) is 136 Å². The molecule has 0 bridgehead atoms. The van der Waals surface area contributed by atoms with E-state index >= 15 is 0 Å². The average Bonchev–Trinajstić information content (AvgIpc) is 3.88. The number of furan rings is 2. The Kier molecular flexibility index (Phi) is 10.5. The zero-order valence-corrected chi connectivity index (χ0v) is 37.3. The molecule has 0 spiro atoms. The largest absolute Gasteiger partial charge is 0.456 e. The molecule has 5 aromatic heterocycles. The second kappa shape index (κ2) is 15.5. The summed E-state index contributed by atoms with van der Waals surface area (Å²) in [5.41, 5.74) is 11.5. The standard InChI is InChI=1S/C25H15N2O.C24H27GeN2O.Ir/c1-2-8-17(9-3-1)25-26-21-11-5-6-12-22(21)27(25)18-14-15-20-19-10-4-7-13-23(19)28-24(20)16-18;1-15(2)12-17-13-22(26-14-21(17)25(4,5)6)20-9-7-8-18-19-11-10-16(3)27-24(19)28-23(18)20;/h1-8,10-16H;7-8,10-11,13-15H,12H2,1-6H3;/q2*-1;. The molecule has 8 heteroatoms. The smallest absolute Gasteiger partial charge is 0.137 e. The number of rotatable bonds is 6. The molecule has 285 valence electrons. The number of fused-ring (bicyclic) bond motifs is 7. The fourth-order valence-corrected chi connectivity index (χ4v) is 11.0. The molecule has 10 rings (SSSR count). The number of nitrogens with zero attached hydrogens (tertiary/aromatic N) is 4. The first kappa shape index (κ1) is 38.5. The topological polar surface area (TPSA) is 69.9 Å². The van der Waals surface area contributed by atoms with E-state index in [-0.39, 0.29) is 20.1 Å². The van der Waals surface area contributed by atoms with Crippen molar-refractivity contribution in [2.45, 2.75) is 44.5 Å². The second-order valence-corrected chi connectivity index (χ2v) is 26.5. The molecule has 0 aliphatic rings. The van der Waals surface area contributed by atoms with Crippen molar-refractivity contribution in [2.75, 3.05) is 0 Å². The Morgan fingerprint density at radius 3 is 2.30 bits per heavy atom. The van der Waals surface area contributed by atoms with E-state index in [2.05, 4.69) is 108 Å². The molecule has 6 nitrogen and oxygen atoms in total. The third-order valence-corrected chi connectivity index (χ3v) is 14.6. The summed E-state index contributed by atoms with van der Waals surface area (Å²) in [6.45, 7) is 6.54. The van der Waals surface area contributed by atoms with Crippen molar-refractivity contribution in [1.82, 2.24) is 19.5 Å². The average molecular weight is 984 g/mol. The number of hydrogen-bond donors (Lipinski definition) is 0. The number of aryl methyl sites for hydroxylation is 1. The van der Waals surface area contributed by atoms with Gasteiger partial charge in [-0.2, -0.15) is 0 Å². The third-order valence-electron chi connectivity index (χ3n) is 10.3. The van der Waals surface area contributed by atoms with Crippen LogP contribution < -0.4 is 4.40 Å². The van der Waals surface area contributed by atoms with Gasteiger partial charge in [0.2, 0.25) is 0 Å². The van der Waals surface area contributed by atoms with Crippen LogP contribution in [0, 0.1) is 25.0 Å². The first-order valence-corrected chi connectivity index (χ1v) is 26.5. The Bertz CT molecular complexity index is 3050. The van der Waals surface area contributed by atoms with E-state index in [0.717, 1.165) is 89.8 Å². The summed E-state index contributed by atoms with van der Waals surface area (Å²) >= 11 is -1.99. The van der Waals surface area contributed by atoms with Gasteiger partial charge >= 0.3 is 170 Å². The van der Waals surface area contributed by atoms with Crippen molar-refractivity contribution in [3.05, 3.63) is 151 Å². The Labute approximate surface area is 348 Å². The Morgan fingerprint density at radius 2 is 1.49 bits per heavy atom. The maximum absolute atomic E-state index is 6.17. The number of para-hydroxylation sites is 3. The number of pyridine rings is 2. The van der Waals surface area contributed by atoms with E-state index in [0.29, 0.717) is 11.6 Å². The molecule has 0 aliphatic heterocycles. The molecule has 5 aromatic carbocycles. The number of aromatic nitrogens is 4. The van der Waals surface area contributed by atoms with Gasteiger partial charge in [0, 0.05) is 42.6 Å². The summed E-state index contributed by atoms with van der Waals surface area (Å²) in [7, 11) is 0. The van der Waals surface area contributed by atoms with Crippen LogP contribution in [0.1, 0.15) is 25.1 Å². The Hall–Kier alpha value is -5.34. The summed E-state index contributed by atoms with van der Waals surface area (Å²) in [4.78, 5) is 14.3. The monoisotopic (exact) mass is 985 g/mol. The van der Waals surface area contributed by atoms with Crippen molar-refractivity contribution in [3.8, 4) is 28.3 Å². The molecule has 0 fully saturated rings. The van der Waals surface area contributed by atoms with Gasteiger partial charge in [-0.25, -0.2) is 0 Å². The van der Waals surface area contributed by atoms with Crippen LogP contribution >= 0.6 is 0 Å². The minimum Gasteiger partial charge on any atom is -0.456 e. The van der Waals surface area contributed by atoms with E-state index in [9.17, 15) is 0 Å². The maximum atomic E-state index is 6.17. The van der Waals surface area contributed by atoms with Gasteiger partial charge < -0.3 is 8.98 Å². The predicted octanol–water partition coefficient (Wildman–Crippen LogP) is 12.3. The minimum absolute atomic E-state index is 0. The van der Waals surface area contributed by atoms with Gasteiger partial charge in [0.05, 0.1) is 16.9 Å². The molecule has 10 aromatic rings. The molecule has 0 saturated carbocycles. The molecule has 0 N–H and O–H groups in total. The van der Waals surface area contributed by atoms with Crippen LogP contribution in [0.25, 0.3) is 83.4 Å². The van der Waals surface area contributed by atoms with Gasteiger partial charge in [-0.05, 0) is 30.3 Å². The molecule has 0 aliphatic carbocycles. The fraction of sp³-hybridized carbons (Fsp3) is 0.163. The van der Waals surface area contributed by atoms with Crippen LogP contribution in [0.5, 0.6) is 0 Å². The number of benzene rings is 5. The summed E-state index contributed by atoms with van der Waals surface area (Å²) in [6, 6.07) is 47.7. The predicted molar refractivity (Wildman–Crippen MR) is 232 cm³/mol. The van der Waals surface area contributed by atoms with Crippen LogP contribution in [-0.4, -0.2) is 32.8 Å².